The third kappa shape index (κ3) is 3.68. The topological polar surface area (TPSA) is 69.7 Å². The lowest BCUT2D eigenvalue weighted by molar-refractivity contribution is -0.142. The molecular weight excluding hydrogens is 354 g/mol. The van der Waals surface area contributed by atoms with E-state index in [9.17, 15) is 14.4 Å². The van der Waals surface area contributed by atoms with Crippen molar-refractivity contribution in [2.75, 3.05) is 29.9 Å². The second-order valence-corrected chi connectivity index (χ2v) is 8.18. The van der Waals surface area contributed by atoms with Crippen LogP contribution in [-0.4, -0.2) is 42.3 Å². The number of benzene rings is 1. The van der Waals surface area contributed by atoms with E-state index in [1.54, 1.807) is 0 Å². The van der Waals surface area contributed by atoms with Crippen LogP contribution in [0.4, 0.5) is 11.4 Å². The maximum Gasteiger partial charge on any atom is 0.244 e. The summed E-state index contributed by atoms with van der Waals surface area (Å²) >= 11 is 0. The highest BCUT2D eigenvalue weighted by Gasteiger charge is 2.47. The number of fused-ring (bicyclic) bond motifs is 1. The Hall–Kier alpha value is -2.63. The lowest BCUT2D eigenvalue weighted by Gasteiger charge is -2.32. The number of nitrogens with one attached hydrogen (secondary N) is 1. The van der Waals surface area contributed by atoms with Crippen molar-refractivity contribution in [2.24, 2.45) is 17.8 Å². The Morgan fingerprint density at radius 2 is 1.57 bits per heavy atom. The van der Waals surface area contributed by atoms with Crippen molar-refractivity contribution in [3.63, 3.8) is 0 Å². The number of carbonyl (C=O) groups is 3. The van der Waals surface area contributed by atoms with Crippen LogP contribution in [0.15, 0.2) is 36.4 Å². The highest BCUT2D eigenvalue weighted by atomic mass is 16.2. The first-order chi connectivity index (χ1) is 13.5. The number of hydrogen-bond donors (Lipinski definition) is 1. The third-order valence-corrected chi connectivity index (χ3v) is 6.20. The number of likely N-dealkylation sites (tertiary alicyclic amines) is 1. The standard InChI is InChI=1S/C22H27N3O3/c1-15-10-12-24(13-11-15)17-8-6-16(7-9-17)23-20(26)14-25-21(27)18-4-2-3-5-19(18)22(25)28/h2-3,6-9,15,18-19H,4-5,10-14H2,1H3,(H,23,26)/t18-,19-/m1/s1. The van der Waals surface area contributed by atoms with Crippen molar-refractivity contribution in [2.45, 2.75) is 32.6 Å². The summed E-state index contributed by atoms with van der Waals surface area (Å²) in [6.45, 7) is 4.19. The first-order valence-corrected chi connectivity index (χ1v) is 10.2. The summed E-state index contributed by atoms with van der Waals surface area (Å²) in [6.07, 6.45) is 7.47. The highest BCUT2D eigenvalue weighted by molar-refractivity contribution is 6.08. The summed E-state index contributed by atoms with van der Waals surface area (Å²) in [4.78, 5) is 40.8. The van der Waals surface area contributed by atoms with Gasteiger partial charge < -0.3 is 10.2 Å². The Labute approximate surface area is 165 Å². The number of allylic oxidation sites excluding steroid dienone is 2. The predicted molar refractivity (Wildman–Crippen MR) is 108 cm³/mol. The molecule has 3 amide bonds. The molecule has 4 rings (SSSR count). The summed E-state index contributed by atoms with van der Waals surface area (Å²) in [5, 5.41) is 2.81. The Morgan fingerprint density at radius 1 is 1.00 bits per heavy atom. The molecule has 1 N–H and O–H groups in total. The molecule has 0 spiro atoms. The minimum atomic E-state index is -0.340. The lowest BCUT2D eigenvalue weighted by atomic mass is 9.85. The maximum absolute atomic E-state index is 12.5. The molecule has 2 fully saturated rings. The largest absolute Gasteiger partial charge is 0.372 e. The summed E-state index contributed by atoms with van der Waals surface area (Å²) in [6, 6.07) is 7.78. The zero-order valence-electron chi connectivity index (χ0n) is 16.3. The van der Waals surface area contributed by atoms with Crippen molar-refractivity contribution >= 4 is 29.1 Å². The molecular formula is C22H27N3O3. The number of carbonyl (C=O) groups excluding carboxylic acids is 3. The summed E-state index contributed by atoms with van der Waals surface area (Å²) in [5.74, 6) is -0.583. The number of piperidine rings is 1. The van der Waals surface area contributed by atoms with Crippen LogP contribution < -0.4 is 10.2 Å². The molecule has 2 saturated heterocycles. The lowest BCUT2D eigenvalue weighted by Crippen LogP contribution is -2.38. The molecule has 1 aliphatic carbocycles. The Morgan fingerprint density at radius 3 is 2.14 bits per heavy atom. The molecule has 0 radical (unpaired) electrons. The van der Waals surface area contributed by atoms with Gasteiger partial charge in [-0.1, -0.05) is 19.1 Å². The second kappa shape index (κ2) is 7.78. The van der Waals surface area contributed by atoms with Gasteiger partial charge in [-0.3, -0.25) is 19.3 Å². The van der Waals surface area contributed by atoms with E-state index in [2.05, 4.69) is 17.1 Å². The Bertz CT molecular complexity index is 768. The van der Waals surface area contributed by atoms with Gasteiger partial charge in [-0.05, 0) is 55.9 Å². The van der Waals surface area contributed by atoms with Crippen LogP contribution in [0.3, 0.4) is 0 Å². The van der Waals surface area contributed by atoms with E-state index in [0.717, 1.165) is 29.6 Å². The van der Waals surface area contributed by atoms with Crippen LogP contribution in [0.2, 0.25) is 0 Å². The van der Waals surface area contributed by atoms with Gasteiger partial charge in [-0.2, -0.15) is 0 Å². The van der Waals surface area contributed by atoms with Gasteiger partial charge in [0.05, 0.1) is 11.8 Å². The zero-order valence-corrected chi connectivity index (χ0v) is 16.3. The van der Waals surface area contributed by atoms with E-state index in [-0.39, 0.29) is 36.1 Å². The van der Waals surface area contributed by atoms with Crippen LogP contribution in [0.5, 0.6) is 0 Å². The molecule has 148 valence electrons. The quantitative estimate of drug-likeness (QED) is 0.643. The molecule has 3 aliphatic rings. The van der Waals surface area contributed by atoms with E-state index in [0.29, 0.717) is 18.5 Å². The Balaban J connectivity index is 1.34. The molecule has 0 unspecified atom stereocenters. The smallest absolute Gasteiger partial charge is 0.244 e. The number of rotatable bonds is 4. The maximum atomic E-state index is 12.5. The van der Waals surface area contributed by atoms with Crippen LogP contribution in [0.25, 0.3) is 0 Å². The van der Waals surface area contributed by atoms with Gasteiger partial charge in [0.1, 0.15) is 6.54 Å². The first-order valence-electron chi connectivity index (χ1n) is 10.2. The van der Waals surface area contributed by atoms with Gasteiger partial charge in [0.15, 0.2) is 0 Å². The fourth-order valence-electron chi connectivity index (χ4n) is 4.39. The average molecular weight is 381 g/mol. The monoisotopic (exact) mass is 381 g/mol. The fraction of sp³-hybridized carbons (Fsp3) is 0.500. The molecule has 2 heterocycles. The van der Waals surface area contributed by atoms with E-state index >= 15 is 0 Å². The number of anilines is 2. The van der Waals surface area contributed by atoms with E-state index < -0.39 is 0 Å². The van der Waals surface area contributed by atoms with E-state index in [1.807, 2.05) is 36.4 Å². The molecule has 28 heavy (non-hydrogen) atoms. The third-order valence-electron chi connectivity index (χ3n) is 6.20. The molecule has 2 aliphatic heterocycles. The minimum Gasteiger partial charge on any atom is -0.372 e. The molecule has 0 bridgehead atoms. The van der Waals surface area contributed by atoms with Crippen molar-refractivity contribution in [3.05, 3.63) is 36.4 Å². The molecule has 1 aromatic carbocycles. The van der Waals surface area contributed by atoms with E-state index in [4.69, 9.17) is 0 Å². The van der Waals surface area contributed by atoms with Gasteiger partial charge in [-0.25, -0.2) is 0 Å². The minimum absolute atomic E-state index is 0.212. The molecule has 2 atom stereocenters. The summed E-state index contributed by atoms with van der Waals surface area (Å²) < 4.78 is 0. The van der Waals surface area contributed by atoms with Crippen molar-refractivity contribution < 1.29 is 14.4 Å². The first kappa shape index (κ1) is 18.7. The van der Waals surface area contributed by atoms with Crippen LogP contribution in [0.1, 0.15) is 32.6 Å². The van der Waals surface area contributed by atoms with E-state index in [1.165, 1.54) is 12.8 Å². The average Bonchev–Trinajstić information content (AvgIpc) is 2.94. The molecule has 1 aromatic rings. The summed E-state index contributed by atoms with van der Waals surface area (Å²) in [7, 11) is 0. The number of imide groups is 1. The zero-order chi connectivity index (χ0) is 19.7. The van der Waals surface area contributed by atoms with Gasteiger partial charge in [0, 0.05) is 24.5 Å². The van der Waals surface area contributed by atoms with Crippen molar-refractivity contribution in [3.8, 4) is 0 Å². The van der Waals surface area contributed by atoms with Crippen LogP contribution >= 0.6 is 0 Å². The molecule has 6 heteroatoms. The molecule has 6 nitrogen and oxygen atoms in total. The van der Waals surface area contributed by atoms with Gasteiger partial charge >= 0.3 is 0 Å². The molecule has 0 saturated carbocycles. The summed E-state index contributed by atoms with van der Waals surface area (Å²) in [5.41, 5.74) is 1.84. The van der Waals surface area contributed by atoms with Crippen molar-refractivity contribution in [1.82, 2.24) is 4.90 Å². The normalized spacial score (nSPS) is 25.2. The Kier molecular flexibility index (Phi) is 5.20. The van der Waals surface area contributed by atoms with Crippen molar-refractivity contribution in [1.29, 1.82) is 0 Å². The predicted octanol–water partition coefficient (Wildman–Crippen LogP) is 2.81. The van der Waals surface area contributed by atoms with Crippen LogP contribution in [-0.2, 0) is 14.4 Å². The molecule has 0 aromatic heterocycles. The second-order valence-electron chi connectivity index (χ2n) is 8.18. The van der Waals surface area contributed by atoms with Gasteiger partial charge in [0.2, 0.25) is 17.7 Å². The SMILES string of the molecule is CC1CCN(c2ccc(NC(=O)CN3C(=O)[C@@H]4CC=CC[C@H]4C3=O)cc2)CC1. The number of hydrogen-bond acceptors (Lipinski definition) is 4. The highest BCUT2D eigenvalue weighted by Crippen LogP contribution is 2.34. The van der Waals surface area contributed by atoms with Gasteiger partial charge in [0.25, 0.3) is 0 Å². The fourth-order valence-corrected chi connectivity index (χ4v) is 4.39. The number of amides is 3. The van der Waals surface area contributed by atoms with Gasteiger partial charge in [-0.15, -0.1) is 0 Å². The number of nitrogens with zero attached hydrogens (tertiary/aromatic N) is 2. The van der Waals surface area contributed by atoms with Crippen LogP contribution in [0, 0.1) is 17.8 Å².